The fourth-order valence-electron chi connectivity index (χ4n) is 4.26. The third-order valence-electron chi connectivity index (χ3n) is 6.11. The molecule has 0 saturated heterocycles. The van der Waals surface area contributed by atoms with Crippen molar-refractivity contribution in [3.8, 4) is 16.8 Å². The number of nitrogens with zero attached hydrogens (tertiary/aromatic N) is 7. The number of carbonyl (C=O) groups excluding carboxylic acids is 1. The minimum absolute atomic E-state index is 0.0938. The van der Waals surface area contributed by atoms with Crippen LogP contribution in [0, 0.1) is 5.92 Å². The average molecular weight is 462 g/mol. The maximum absolute atomic E-state index is 11.4. The molecule has 2 atom stereocenters. The van der Waals surface area contributed by atoms with E-state index < -0.39 is 0 Å². The average Bonchev–Trinajstić information content (AvgIpc) is 3.59. The number of amides is 1. The van der Waals surface area contributed by atoms with Crippen molar-refractivity contribution in [2.45, 2.75) is 38.8 Å². The lowest BCUT2D eigenvalue weighted by Crippen LogP contribution is -2.23. The molecule has 3 N–H and O–H groups in total. The first kappa shape index (κ1) is 22.0. The summed E-state index contributed by atoms with van der Waals surface area (Å²) in [5, 5.41) is 16.2. The fourth-order valence-corrected chi connectivity index (χ4v) is 4.26. The Hall–Kier alpha value is -3.86. The van der Waals surface area contributed by atoms with Gasteiger partial charge in [0.15, 0.2) is 11.2 Å². The Labute approximate surface area is 196 Å². The van der Waals surface area contributed by atoms with Crippen LogP contribution >= 0.6 is 0 Å². The van der Waals surface area contributed by atoms with Crippen LogP contribution in [0.4, 0.5) is 5.95 Å². The molecule has 176 valence electrons. The van der Waals surface area contributed by atoms with Crippen LogP contribution in [-0.4, -0.2) is 59.9 Å². The summed E-state index contributed by atoms with van der Waals surface area (Å²) in [6.45, 7) is 4.04. The zero-order valence-electron chi connectivity index (χ0n) is 19.0. The summed E-state index contributed by atoms with van der Waals surface area (Å²) in [5.41, 5.74) is 9.59. The number of aromatic nitrogens is 7. The van der Waals surface area contributed by atoms with E-state index in [1.807, 2.05) is 48.3 Å². The van der Waals surface area contributed by atoms with Crippen molar-refractivity contribution in [3.63, 3.8) is 0 Å². The highest BCUT2D eigenvalue weighted by atomic mass is 16.5. The van der Waals surface area contributed by atoms with Crippen molar-refractivity contribution >= 4 is 23.0 Å². The first-order valence-electron chi connectivity index (χ1n) is 11.5. The van der Waals surface area contributed by atoms with Gasteiger partial charge in [-0.15, -0.1) is 5.10 Å². The zero-order valence-corrected chi connectivity index (χ0v) is 19.0. The molecule has 3 heterocycles. The number of primary amides is 1. The number of anilines is 1. The fraction of sp³-hybridized carbons (Fsp3) is 0.391. The molecule has 11 nitrogen and oxygen atoms in total. The van der Waals surface area contributed by atoms with Crippen LogP contribution in [-0.2, 0) is 16.1 Å². The molecular weight excluding hydrogens is 434 g/mol. The van der Waals surface area contributed by atoms with E-state index >= 15 is 0 Å². The number of benzene rings is 1. The van der Waals surface area contributed by atoms with E-state index in [0.717, 1.165) is 36.2 Å². The maximum Gasteiger partial charge on any atom is 0.225 e. The van der Waals surface area contributed by atoms with Crippen molar-refractivity contribution in [1.29, 1.82) is 0 Å². The molecule has 1 aromatic carbocycles. The molecule has 0 radical (unpaired) electrons. The lowest BCUT2D eigenvalue weighted by Gasteiger charge is -2.12. The van der Waals surface area contributed by atoms with Crippen molar-refractivity contribution < 1.29 is 9.53 Å². The van der Waals surface area contributed by atoms with Crippen LogP contribution < -0.4 is 11.1 Å². The summed E-state index contributed by atoms with van der Waals surface area (Å²) in [5.74, 6) is 0.148. The Morgan fingerprint density at radius 1 is 1.21 bits per heavy atom. The lowest BCUT2D eigenvalue weighted by molar-refractivity contribution is -0.121. The number of hydrogen-bond acceptors (Lipinski definition) is 8. The number of fused-ring (bicyclic) bond motifs is 1. The Morgan fingerprint density at radius 2 is 2.06 bits per heavy atom. The normalized spacial score (nSPS) is 17.9. The quantitative estimate of drug-likeness (QED) is 0.362. The Balaban J connectivity index is 1.32. The molecule has 0 unspecified atom stereocenters. The minimum Gasteiger partial charge on any atom is -0.380 e. The number of nitrogens with two attached hydrogens (primary N) is 1. The van der Waals surface area contributed by atoms with Gasteiger partial charge in [0.2, 0.25) is 11.9 Å². The molecule has 4 aromatic rings. The van der Waals surface area contributed by atoms with Crippen molar-refractivity contribution in [2.24, 2.45) is 11.7 Å². The third-order valence-corrected chi connectivity index (χ3v) is 6.11. The van der Waals surface area contributed by atoms with Crippen LogP contribution in [0.3, 0.4) is 0 Å². The van der Waals surface area contributed by atoms with Gasteiger partial charge in [-0.25, -0.2) is 4.98 Å². The summed E-state index contributed by atoms with van der Waals surface area (Å²) in [4.78, 5) is 20.4. The number of carbonyl (C=O) groups is 1. The molecule has 1 aliphatic carbocycles. The van der Waals surface area contributed by atoms with Crippen LogP contribution in [0.15, 0.2) is 42.9 Å². The molecule has 34 heavy (non-hydrogen) atoms. The topological polar surface area (TPSA) is 139 Å². The molecule has 1 saturated carbocycles. The van der Waals surface area contributed by atoms with Crippen LogP contribution in [0.25, 0.3) is 28.0 Å². The van der Waals surface area contributed by atoms with E-state index in [-0.39, 0.29) is 17.9 Å². The van der Waals surface area contributed by atoms with Gasteiger partial charge in [0.25, 0.3) is 0 Å². The van der Waals surface area contributed by atoms with E-state index in [1.54, 1.807) is 10.9 Å². The van der Waals surface area contributed by atoms with Crippen LogP contribution in [0.5, 0.6) is 0 Å². The molecule has 1 aliphatic rings. The molecule has 5 rings (SSSR count). The van der Waals surface area contributed by atoms with Crippen molar-refractivity contribution in [1.82, 2.24) is 34.7 Å². The minimum atomic E-state index is -0.246. The van der Waals surface area contributed by atoms with Gasteiger partial charge in [-0.3, -0.25) is 9.48 Å². The third kappa shape index (κ3) is 4.60. The number of hydrogen-bond donors (Lipinski definition) is 2. The predicted molar refractivity (Wildman–Crippen MR) is 126 cm³/mol. The van der Waals surface area contributed by atoms with Crippen LogP contribution in [0.2, 0.25) is 0 Å². The Bertz CT molecular complexity index is 1280. The predicted octanol–water partition coefficient (Wildman–Crippen LogP) is 2.18. The van der Waals surface area contributed by atoms with Gasteiger partial charge in [0, 0.05) is 30.3 Å². The van der Waals surface area contributed by atoms with Crippen molar-refractivity contribution in [3.05, 3.63) is 42.9 Å². The van der Waals surface area contributed by atoms with Gasteiger partial charge in [-0.05, 0) is 43.9 Å². The largest absolute Gasteiger partial charge is 0.380 e. The van der Waals surface area contributed by atoms with E-state index in [9.17, 15) is 4.79 Å². The Kier molecular flexibility index (Phi) is 6.17. The molecule has 0 bridgehead atoms. The summed E-state index contributed by atoms with van der Waals surface area (Å²) < 4.78 is 8.97. The highest BCUT2D eigenvalue weighted by molar-refractivity contribution is 5.77. The highest BCUT2D eigenvalue weighted by Crippen LogP contribution is 2.27. The molecule has 1 fully saturated rings. The molecule has 1 amide bonds. The van der Waals surface area contributed by atoms with Crippen LogP contribution in [0.1, 0.15) is 26.2 Å². The van der Waals surface area contributed by atoms with Gasteiger partial charge < -0.3 is 15.8 Å². The van der Waals surface area contributed by atoms with Gasteiger partial charge in [-0.2, -0.15) is 14.8 Å². The van der Waals surface area contributed by atoms with E-state index in [2.05, 4.69) is 30.7 Å². The zero-order chi connectivity index (χ0) is 23.5. The Morgan fingerprint density at radius 3 is 2.82 bits per heavy atom. The van der Waals surface area contributed by atoms with Gasteiger partial charge in [-0.1, -0.05) is 17.3 Å². The lowest BCUT2D eigenvalue weighted by atomic mass is 10.1. The highest BCUT2D eigenvalue weighted by Gasteiger charge is 2.28. The SMILES string of the molecule is CCOCCn1cc(-c2ccc(-n3nnc4cnc(N[C@@H]5CC[C@@H](C(N)=O)C5)nc43)cc2)cn1. The first-order chi connectivity index (χ1) is 16.6. The number of ether oxygens (including phenoxy) is 1. The standard InChI is InChI=1S/C23H27N9O2/c1-2-34-10-9-31-14-17(12-26-31)15-4-7-19(8-5-15)32-22-20(29-30-32)13-25-23(28-22)27-18-6-3-16(11-18)21(24)33/h4-5,7-8,12-14,16,18H,2-3,6,9-11H2,1H3,(H2,24,33)(H,25,27,28)/t16-,18-/m1/s1. The second-order valence-electron chi connectivity index (χ2n) is 8.39. The molecule has 3 aromatic heterocycles. The van der Waals surface area contributed by atoms with E-state index in [0.29, 0.717) is 36.7 Å². The maximum atomic E-state index is 11.4. The van der Waals surface area contributed by atoms with Gasteiger partial charge in [0.05, 0.1) is 31.2 Å². The second kappa shape index (κ2) is 9.56. The summed E-state index contributed by atoms with van der Waals surface area (Å²) in [7, 11) is 0. The second-order valence-corrected chi connectivity index (χ2v) is 8.39. The van der Waals surface area contributed by atoms with Gasteiger partial charge in [0.1, 0.15) is 0 Å². The van der Waals surface area contributed by atoms with Crippen molar-refractivity contribution in [2.75, 3.05) is 18.5 Å². The molecule has 0 aliphatic heterocycles. The summed E-state index contributed by atoms with van der Waals surface area (Å²) in [6.07, 6.45) is 7.85. The number of rotatable bonds is 9. The summed E-state index contributed by atoms with van der Waals surface area (Å²) in [6, 6.07) is 8.12. The van der Waals surface area contributed by atoms with Gasteiger partial charge >= 0.3 is 0 Å². The smallest absolute Gasteiger partial charge is 0.225 e. The monoisotopic (exact) mass is 461 g/mol. The summed E-state index contributed by atoms with van der Waals surface area (Å²) >= 11 is 0. The molecule has 0 spiro atoms. The molecule has 11 heteroatoms. The molecular formula is C23H27N9O2. The van der Waals surface area contributed by atoms with E-state index in [4.69, 9.17) is 10.5 Å². The first-order valence-corrected chi connectivity index (χ1v) is 11.5. The number of nitrogens with one attached hydrogen (secondary N) is 1. The van der Waals surface area contributed by atoms with E-state index in [1.165, 1.54) is 0 Å².